The van der Waals surface area contributed by atoms with Crippen molar-refractivity contribution < 1.29 is 9.53 Å². The number of ether oxygens (including phenoxy) is 1. The maximum atomic E-state index is 10.8. The molecule has 0 aliphatic rings. The molecule has 0 aliphatic carbocycles. The van der Waals surface area contributed by atoms with Crippen LogP contribution in [0.5, 0.6) is 5.75 Å². The monoisotopic (exact) mass is 226 g/mol. The lowest BCUT2D eigenvalue weighted by molar-refractivity contribution is 0.111. The Morgan fingerprint density at radius 2 is 1.76 bits per heavy atom. The maximum Gasteiger partial charge on any atom is 0.153 e. The fourth-order valence-corrected chi connectivity index (χ4v) is 1.55. The van der Waals surface area contributed by atoms with Crippen molar-refractivity contribution in [1.82, 2.24) is 0 Å². The summed E-state index contributed by atoms with van der Waals surface area (Å²) in [6.45, 7) is 2.53. The van der Waals surface area contributed by atoms with Crippen molar-refractivity contribution in [1.29, 1.82) is 0 Å². The van der Waals surface area contributed by atoms with Gasteiger partial charge in [-0.3, -0.25) is 4.79 Å². The molecule has 86 valence electrons. The van der Waals surface area contributed by atoms with Gasteiger partial charge in [-0.05, 0) is 24.6 Å². The largest absolute Gasteiger partial charge is 0.488 e. The Balaban J connectivity index is 2.07. The molecule has 0 unspecified atom stereocenters. The first-order valence-electron chi connectivity index (χ1n) is 5.52. The zero-order valence-electron chi connectivity index (χ0n) is 9.72. The third-order valence-corrected chi connectivity index (χ3v) is 2.56. The predicted molar refractivity (Wildman–Crippen MR) is 67.3 cm³/mol. The summed E-state index contributed by atoms with van der Waals surface area (Å²) in [5.41, 5.74) is 2.90. The van der Waals surface area contributed by atoms with E-state index in [1.807, 2.05) is 43.3 Å². The molecule has 2 heteroatoms. The highest BCUT2D eigenvalue weighted by atomic mass is 16.5. The van der Waals surface area contributed by atoms with Gasteiger partial charge in [0.15, 0.2) is 6.29 Å². The Morgan fingerprint density at radius 3 is 2.47 bits per heavy atom. The van der Waals surface area contributed by atoms with Gasteiger partial charge in [-0.15, -0.1) is 0 Å². The molecule has 2 rings (SSSR count). The van der Waals surface area contributed by atoms with E-state index in [1.54, 1.807) is 12.1 Å². The molecule has 0 aromatic heterocycles. The third-order valence-electron chi connectivity index (χ3n) is 2.56. The van der Waals surface area contributed by atoms with Crippen LogP contribution in [0.15, 0.2) is 48.5 Å². The molecular formula is C15H14O2. The molecule has 17 heavy (non-hydrogen) atoms. The lowest BCUT2D eigenvalue weighted by atomic mass is 10.1. The Kier molecular flexibility index (Phi) is 3.55. The Hall–Kier alpha value is -2.09. The molecular weight excluding hydrogens is 212 g/mol. The molecule has 0 bridgehead atoms. The summed E-state index contributed by atoms with van der Waals surface area (Å²) in [4.78, 5) is 10.8. The van der Waals surface area contributed by atoms with Gasteiger partial charge in [-0.2, -0.15) is 0 Å². The number of para-hydroxylation sites is 1. The minimum absolute atomic E-state index is 0.477. The molecule has 0 N–H and O–H groups in total. The third kappa shape index (κ3) is 2.94. The van der Waals surface area contributed by atoms with Crippen molar-refractivity contribution >= 4 is 6.29 Å². The molecule has 0 saturated carbocycles. The Labute approximate surface area is 101 Å². The molecule has 2 aromatic carbocycles. The van der Waals surface area contributed by atoms with Crippen LogP contribution >= 0.6 is 0 Å². The number of hydrogen-bond donors (Lipinski definition) is 0. The molecule has 0 amide bonds. The quantitative estimate of drug-likeness (QED) is 0.747. The van der Waals surface area contributed by atoms with E-state index < -0.39 is 0 Å². The van der Waals surface area contributed by atoms with Crippen molar-refractivity contribution in [3.63, 3.8) is 0 Å². The van der Waals surface area contributed by atoms with Gasteiger partial charge in [0.05, 0.1) is 5.56 Å². The lowest BCUT2D eigenvalue weighted by Crippen LogP contribution is -1.97. The maximum absolute atomic E-state index is 10.8. The van der Waals surface area contributed by atoms with Crippen LogP contribution < -0.4 is 4.74 Å². The van der Waals surface area contributed by atoms with Gasteiger partial charge in [0.2, 0.25) is 0 Å². The van der Waals surface area contributed by atoms with E-state index in [0.717, 1.165) is 11.8 Å². The fraction of sp³-hybridized carbons (Fsp3) is 0.133. The van der Waals surface area contributed by atoms with Gasteiger partial charge >= 0.3 is 0 Å². The summed E-state index contributed by atoms with van der Waals surface area (Å²) in [6.07, 6.45) is 0.810. The molecule has 2 aromatic rings. The van der Waals surface area contributed by atoms with Crippen molar-refractivity contribution in [2.24, 2.45) is 0 Å². The predicted octanol–water partition coefficient (Wildman–Crippen LogP) is 3.39. The normalized spacial score (nSPS) is 9.94. The zero-order chi connectivity index (χ0) is 12.1. The van der Waals surface area contributed by atoms with Crippen molar-refractivity contribution in [2.45, 2.75) is 13.5 Å². The standard InChI is InChI=1S/C15H14O2/c1-12-6-8-13(9-7-12)11-17-15-5-3-2-4-14(15)10-16/h2-10H,11H2,1H3. The van der Waals surface area contributed by atoms with Crippen molar-refractivity contribution in [2.75, 3.05) is 0 Å². The zero-order valence-corrected chi connectivity index (χ0v) is 9.72. The molecule has 0 fully saturated rings. The SMILES string of the molecule is Cc1ccc(COc2ccccc2C=O)cc1. The van der Waals surface area contributed by atoms with Crippen LogP contribution in [0, 0.1) is 6.92 Å². The topological polar surface area (TPSA) is 26.3 Å². The highest BCUT2D eigenvalue weighted by Crippen LogP contribution is 2.17. The van der Waals surface area contributed by atoms with E-state index in [-0.39, 0.29) is 0 Å². The van der Waals surface area contributed by atoms with E-state index in [9.17, 15) is 4.79 Å². The average Bonchev–Trinajstić information content (AvgIpc) is 2.38. The highest BCUT2D eigenvalue weighted by molar-refractivity contribution is 5.79. The summed E-state index contributed by atoms with van der Waals surface area (Å²) in [6, 6.07) is 15.4. The first-order chi connectivity index (χ1) is 8.29. The van der Waals surface area contributed by atoms with E-state index in [0.29, 0.717) is 17.9 Å². The second kappa shape index (κ2) is 5.30. The smallest absolute Gasteiger partial charge is 0.153 e. The first-order valence-corrected chi connectivity index (χ1v) is 5.52. The Morgan fingerprint density at radius 1 is 1.06 bits per heavy atom. The van der Waals surface area contributed by atoms with E-state index >= 15 is 0 Å². The van der Waals surface area contributed by atoms with E-state index in [1.165, 1.54) is 5.56 Å². The first kappa shape index (κ1) is 11.4. The molecule has 0 aliphatic heterocycles. The minimum atomic E-state index is 0.477. The van der Waals surface area contributed by atoms with Gasteiger partial charge < -0.3 is 4.74 Å². The number of carbonyl (C=O) groups excluding carboxylic acids is 1. The fourth-order valence-electron chi connectivity index (χ4n) is 1.55. The minimum Gasteiger partial charge on any atom is -0.488 e. The molecule has 0 heterocycles. The Bertz CT molecular complexity index is 501. The number of aryl methyl sites for hydroxylation is 1. The molecule has 0 saturated heterocycles. The van der Waals surface area contributed by atoms with Crippen LogP contribution in [0.4, 0.5) is 0 Å². The average molecular weight is 226 g/mol. The lowest BCUT2D eigenvalue weighted by Gasteiger charge is -2.08. The number of hydrogen-bond acceptors (Lipinski definition) is 2. The number of rotatable bonds is 4. The number of aldehydes is 1. The van der Waals surface area contributed by atoms with E-state index in [2.05, 4.69) is 0 Å². The molecule has 2 nitrogen and oxygen atoms in total. The summed E-state index contributed by atoms with van der Waals surface area (Å²) >= 11 is 0. The van der Waals surface area contributed by atoms with Crippen molar-refractivity contribution in [3.8, 4) is 5.75 Å². The van der Waals surface area contributed by atoms with Gasteiger partial charge in [0, 0.05) is 0 Å². The van der Waals surface area contributed by atoms with E-state index in [4.69, 9.17) is 4.74 Å². The number of carbonyl (C=O) groups is 1. The van der Waals surface area contributed by atoms with Crippen molar-refractivity contribution in [3.05, 3.63) is 65.2 Å². The van der Waals surface area contributed by atoms with Crippen LogP contribution in [0.3, 0.4) is 0 Å². The molecule has 0 atom stereocenters. The van der Waals surface area contributed by atoms with Gasteiger partial charge in [0.25, 0.3) is 0 Å². The van der Waals surface area contributed by atoms with Crippen LogP contribution in [0.25, 0.3) is 0 Å². The summed E-state index contributed by atoms with van der Waals surface area (Å²) in [5, 5.41) is 0. The number of benzene rings is 2. The second-order valence-corrected chi connectivity index (χ2v) is 3.93. The van der Waals surface area contributed by atoms with Crippen LogP contribution in [-0.2, 0) is 6.61 Å². The highest BCUT2D eigenvalue weighted by Gasteiger charge is 2.01. The summed E-state index contributed by atoms with van der Waals surface area (Å²) < 4.78 is 5.62. The molecule has 0 spiro atoms. The van der Waals surface area contributed by atoms with Crippen LogP contribution in [0.2, 0.25) is 0 Å². The van der Waals surface area contributed by atoms with Gasteiger partial charge in [-0.1, -0.05) is 42.0 Å². The summed E-state index contributed by atoms with van der Waals surface area (Å²) in [5.74, 6) is 0.628. The van der Waals surface area contributed by atoms with Gasteiger partial charge in [-0.25, -0.2) is 0 Å². The van der Waals surface area contributed by atoms with Crippen LogP contribution in [-0.4, -0.2) is 6.29 Å². The summed E-state index contributed by atoms with van der Waals surface area (Å²) in [7, 11) is 0. The second-order valence-electron chi connectivity index (χ2n) is 3.93. The molecule has 0 radical (unpaired) electrons. The van der Waals surface area contributed by atoms with Gasteiger partial charge in [0.1, 0.15) is 12.4 Å². The van der Waals surface area contributed by atoms with Crippen LogP contribution in [0.1, 0.15) is 21.5 Å².